The quantitative estimate of drug-likeness (QED) is 0.654. The zero-order valence-electron chi connectivity index (χ0n) is 17.0. The summed E-state index contributed by atoms with van der Waals surface area (Å²) in [4.78, 5) is 33.2. The first-order valence-electron chi connectivity index (χ1n) is 10.4. The second-order valence-corrected chi connectivity index (χ2v) is 8.95. The zero-order chi connectivity index (χ0) is 21.7. The van der Waals surface area contributed by atoms with Crippen LogP contribution in [0.15, 0.2) is 64.6 Å². The second kappa shape index (κ2) is 7.56. The molecule has 2 amide bonds. The Balaban J connectivity index is 1.27. The number of nitrogens with one attached hydrogen (secondary N) is 1. The molecule has 2 aliphatic heterocycles. The number of carbonyl (C=O) groups is 2. The van der Waals surface area contributed by atoms with Crippen molar-refractivity contribution < 1.29 is 19.1 Å². The van der Waals surface area contributed by atoms with E-state index in [9.17, 15) is 9.59 Å². The van der Waals surface area contributed by atoms with Crippen LogP contribution in [-0.4, -0.2) is 29.6 Å². The molecule has 1 aromatic heterocycles. The molecule has 6 rings (SSSR count). The fourth-order valence-corrected chi connectivity index (χ4v) is 4.99. The lowest BCUT2D eigenvalue weighted by Gasteiger charge is -2.22. The summed E-state index contributed by atoms with van der Waals surface area (Å²) in [7, 11) is 0. The van der Waals surface area contributed by atoms with E-state index in [1.807, 2.05) is 41.3 Å². The van der Waals surface area contributed by atoms with Gasteiger partial charge in [0, 0.05) is 29.2 Å². The van der Waals surface area contributed by atoms with Gasteiger partial charge in [-0.15, -0.1) is 0 Å². The Labute approximate surface area is 188 Å². The van der Waals surface area contributed by atoms with Gasteiger partial charge in [-0.2, -0.15) is 0 Å². The predicted octanol–water partition coefficient (Wildman–Crippen LogP) is 4.01. The van der Waals surface area contributed by atoms with Crippen molar-refractivity contribution in [1.82, 2.24) is 10.3 Å². The average Bonchev–Trinajstić information content (AvgIpc) is 3.55. The summed E-state index contributed by atoms with van der Waals surface area (Å²) in [5.41, 5.74) is 2.91. The molecule has 1 N–H and O–H groups in total. The smallest absolute Gasteiger partial charge is 0.261 e. The van der Waals surface area contributed by atoms with Crippen LogP contribution in [0, 0.1) is 0 Å². The first-order chi connectivity index (χ1) is 15.7. The third-order valence-corrected chi connectivity index (χ3v) is 6.78. The molecule has 0 saturated heterocycles. The molecule has 0 bridgehead atoms. The molecule has 3 aliphatic rings. The van der Waals surface area contributed by atoms with Crippen molar-refractivity contribution in [2.75, 3.05) is 11.7 Å². The van der Waals surface area contributed by atoms with Crippen LogP contribution in [0.4, 0.5) is 5.69 Å². The van der Waals surface area contributed by atoms with Crippen LogP contribution in [0.25, 0.3) is 0 Å². The molecule has 8 heteroatoms. The minimum Gasteiger partial charge on any atom is -0.454 e. The second-order valence-electron chi connectivity index (χ2n) is 7.92. The third-order valence-electron chi connectivity index (χ3n) is 5.71. The normalized spacial score (nSPS) is 16.2. The molecule has 3 heterocycles. The summed E-state index contributed by atoms with van der Waals surface area (Å²) in [6, 6.07) is 14.9. The molecule has 160 valence electrons. The monoisotopic (exact) mass is 445 g/mol. The van der Waals surface area contributed by atoms with Crippen molar-refractivity contribution in [1.29, 1.82) is 0 Å². The number of aromatic nitrogens is 1. The van der Waals surface area contributed by atoms with Gasteiger partial charge in [-0.3, -0.25) is 9.59 Å². The number of amides is 2. The fraction of sp³-hybridized carbons (Fsp3) is 0.208. The Morgan fingerprint density at radius 3 is 2.88 bits per heavy atom. The Morgan fingerprint density at radius 1 is 1.12 bits per heavy atom. The fourth-order valence-electron chi connectivity index (χ4n) is 3.94. The van der Waals surface area contributed by atoms with Crippen LogP contribution in [0.1, 0.15) is 39.1 Å². The summed E-state index contributed by atoms with van der Waals surface area (Å²) < 4.78 is 10.7. The minimum atomic E-state index is -0.180. The van der Waals surface area contributed by atoms with Gasteiger partial charge in [-0.1, -0.05) is 17.8 Å². The number of hydrogen-bond donors (Lipinski definition) is 1. The highest BCUT2D eigenvalue weighted by Gasteiger charge is 2.38. The number of carbonyl (C=O) groups excluding carboxylic acids is 2. The lowest BCUT2D eigenvalue weighted by atomic mass is 10.1. The Hall–Kier alpha value is -3.52. The SMILES string of the molecule is O=C(NCc1ccc2c(c1)OCO2)c1ccc2c(c1)Sc1ncccc1C(=O)N2C1CC1. The van der Waals surface area contributed by atoms with Gasteiger partial charge < -0.3 is 19.7 Å². The van der Waals surface area contributed by atoms with Crippen molar-refractivity contribution in [3.63, 3.8) is 0 Å². The maximum atomic E-state index is 13.2. The first kappa shape index (κ1) is 19.2. The molecule has 0 radical (unpaired) electrons. The Kier molecular flexibility index (Phi) is 4.53. The van der Waals surface area contributed by atoms with E-state index in [-0.39, 0.29) is 24.6 Å². The highest BCUT2D eigenvalue weighted by Crippen LogP contribution is 2.44. The van der Waals surface area contributed by atoms with Crippen LogP contribution in [0.5, 0.6) is 11.5 Å². The number of rotatable bonds is 4. The van der Waals surface area contributed by atoms with Gasteiger partial charge in [0.1, 0.15) is 5.03 Å². The van der Waals surface area contributed by atoms with Gasteiger partial charge >= 0.3 is 0 Å². The Morgan fingerprint density at radius 2 is 2.00 bits per heavy atom. The number of ether oxygens (including phenoxy) is 2. The molecule has 1 saturated carbocycles. The van der Waals surface area contributed by atoms with Gasteiger partial charge in [0.05, 0.1) is 11.3 Å². The van der Waals surface area contributed by atoms with Gasteiger partial charge in [-0.05, 0) is 60.9 Å². The molecule has 3 aromatic rings. The topological polar surface area (TPSA) is 80.8 Å². The largest absolute Gasteiger partial charge is 0.454 e. The van der Waals surface area contributed by atoms with Gasteiger partial charge in [0.25, 0.3) is 11.8 Å². The van der Waals surface area contributed by atoms with Crippen LogP contribution >= 0.6 is 11.8 Å². The molecule has 2 aromatic carbocycles. The number of pyridine rings is 1. The molecule has 1 fully saturated rings. The van der Waals surface area contributed by atoms with E-state index in [0.717, 1.165) is 29.0 Å². The van der Waals surface area contributed by atoms with Crippen molar-refractivity contribution in [2.45, 2.75) is 35.3 Å². The maximum absolute atomic E-state index is 13.2. The standard InChI is InChI=1S/C24H19N3O4S/c28-22(26-12-14-3-8-19-20(10-14)31-13-30-19)15-4-7-18-21(11-15)32-23-17(2-1-9-25-23)24(29)27(18)16-5-6-16/h1-4,7-11,16H,5-6,12-13H2,(H,26,28). The number of anilines is 1. The summed E-state index contributed by atoms with van der Waals surface area (Å²) in [6.45, 7) is 0.590. The van der Waals surface area contributed by atoms with Gasteiger partial charge in [0.2, 0.25) is 6.79 Å². The molecule has 32 heavy (non-hydrogen) atoms. The molecule has 0 spiro atoms. The molecule has 7 nitrogen and oxygen atoms in total. The van der Waals surface area contributed by atoms with E-state index in [2.05, 4.69) is 10.3 Å². The summed E-state index contributed by atoms with van der Waals surface area (Å²) in [5.74, 6) is 1.20. The van der Waals surface area contributed by atoms with E-state index in [4.69, 9.17) is 9.47 Å². The lowest BCUT2D eigenvalue weighted by Crippen LogP contribution is -2.33. The van der Waals surface area contributed by atoms with Crippen molar-refractivity contribution in [3.8, 4) is 11.5 Å². The molecule has 0 unspecified atom stereocenters. The van der Waals surface area contributed by atoms with E-state index >= 15 is 0 Å². The third kappa shape index (κ3) is 3.36. The summed E-state index contributed by atoms with van der Waals surface area (Å²) >= 11 is 1.43. The highest BCUT2D eigenvalue weighted by atomic mass is 32.2. The van der Waals surface area contributed by atoms with E-state index < -0.39 is 0 Å². The van der Waals surface area contributed by atoms with Crippen LogP contribution in [0.2, 0.25) is 0 Å². The number of hydrogen-bond acceptors (Lipinski definition) is 6. The van der Waals surface area contributed by atoms with Crippen LogP contribution < -0.4 is 19.7 Å². The van der Waals surface area contributed by atoms with Gasteiger partial charge in [0.15, 0.2) is 11.5 Å². The number of benzene rings is 2. The van der Waals surface area contributed by atoms with Crippen LogP contribution in [-0.2, 0) is 6.54 Å². The zero-order valence-corrected chi connectivity index (χ0v) is 17.9. The van der Waals surface area contributed by atoms with E-state index in [1.54, 1.807) is 18.3 Å². The van der Waals surface area contributed by atoms with Crippen molar-refractivity contribution in [2.24, 2.45) is 0 Å². The highest BCUT2D eigenvalue weighted by molar-refractivity contribution is 7.99. The lowest BCUT2D eigenvalue weighted by molar-refractivity contribution is 0.0949. The maximum Gasteiger partial charge on any atom is 0.261 e. The summed E-state index contributed by atoms with van der Waals surface area (Å²) in [5, 5.41) is 3.63. The predicted molar refractivity (Wildman–Crippen MR) is 118 cm³/mol. The summed E-state index contributed by atoms with van der Waals surface area (Å²) in [6.07, 6.45) is 3.67. The van der Waals surface area contributed by atoms with Crippen molar-refractivity contribution >= 4 is 29.3 Å². The minimum absolute atomic E-state index is 0.0261. The average molecular weight is 446 g/mol. The number of nitrogens with zero attached hydrogens (tertiary/aromatic N) is 2. The van der Waals surface area contributed by atoms with E-state index in [0.29, 0.717) is 34.2 Å². The molecular weight excluding hydrogens is 426 g/mol. The molecule has 0 atom stereocenters. The first-order valence-corrected chi connectivity index (χ1v) is 11.3. The molecular formula is C24H19N3O4S. The van der Waals surface area contributed by atoms with E-state index in [1.165, 1.54) is 11.8 Å². The Bertz CT molecular complexity index is 1260. The van der Waals surface area contributed by atoms with Gasteiger partial charge in [-0.25, -0.2) is 4.98 Å². The number of fused-ring (bicyclic) bond motifs is 3. The van der Waals surface area contributed by atoms with Crippen molar-refractivity contribution in [3.05, 3.63) is 71.4 Å². The molecule has 1 aliphatic carbocycles. The van der Waals surface area contributed by atoms with Crippen LogP contribution in [0.3, 0.4) is 0 Å².